The SMILES string of the molecule is C/C(F)=C/c1ccc(-c2cnccn2)s1. The van der Waals surface area contributed by atoms with Crippen molar-refractivity contribution in [2.45, 2.75) is 6.92 Å². The van der Waals surface area contributed by atoms with Gasteiger partial charge in [-0.15, -0.1) is 11.3 Å². The van der Waals surface area contributed by atoms with Crippen LogP contribution in [0.3, 0.4) is 0 Å². The third-order valence-corrected chi connectivity index (χ3v) is 2.84. The van der Waals surface area contributed by atoms with Gasteiger partial charge in [0.1, 0.15) is 0 Å². The predicted octanol–water partition coefficient (Wildman–Crippen LogP) is 3.54. The van der Waals surface area contributed by atoms with Crippen LogP contribution in [0.5, 0.6) is 0 Å². The molecule has 76 valence electrons. The van der Waals surface area contributed by atoms with Crippen LogP contribution in [0.2, 0.25) is 0 Å². The Kier molecular flexibility index (Phi) is 2.87. The molecule has 0 bridgehead atoms. The molecule has 0 unspecified atom stereocenters. The molecule has 0 amide bonds. The number of aromatic nitrogens is 2. The second-order valence-corrected chi connectivity index (χ2v) is 4.14. The van der Waals surface area contributed by atoms with Gasteiger partial charge < -0.3 is 0 Å². The molecule has 0 saturated heterocycles. The van der Waals surface area contributed by atoms with E-state index in [0.29, 0.717) is 0 Å². The predicted molar refractivity (Wildman–Crippen MR) is 60.1 cm³/mol. The van der Waals surface area contributed by atoms with Crippen LogP contribution in [0.25, 0.3) is 16.6 Å². The van der Waals surface area contributed by atoms with E-state index in [1.807, 2.05) is 12.1 Å². The van der Waals surface area contributed by atoms with Crippen molar-refractivity contribution in [1.29, 1.82) is 0 Å². The first-order valence-corrected chi connectivity index (χ1v) is 5.27. The molecular weight excluding hydrogens is 211 g/mol. The van der Waals surface area contributed by atoms with Gasteiger partial charge in [-0.1, -0.05) is 0 Å². The van der Waals surface area contributed by atoms with E-state index < -0.39 is 0 Å². The topological polar surface area (TPSA) is 25.8 Å². The third-order valence-electron chi connectivity index (χ3n) is 1.78. The van der Waals surface area contributed by atoms with E-state index in [1.54, 1.807) is 18.6 Å². The average Bonchev–Trinajstić information content (AvgIpc) is 2.67. The monoisotopic (exact) mass is 220 g/mol. The van der Waals surface area contributed by atoms with E-state index in [4.69, 9.17) is 0 Å². The zero-order valence-corrected chi connectivity index (χ0v) is 8.96. The summed E-state index contributed by atoms with van der Waals surface area (Å²) in [5.41, 5.74) is 0.818. The molecular formula is C11H9FN2S. The maximum Gasteiger partial charge on any atom is 0.0984 e. The number of hydrogen-bond donors (Lipinski definition) is 0. The minimum atomic E-state index is -0.192. The van der Waals surface area contributed by atoms with Crippen LogP contribution in [0, 0.1) is 0 Å². The number of thiophene rings is 1. The minimum absolute atomic E-state index is 0.192. The summed E-state index contributed by atoms with van der Waals surface area (Å²) in [5.74, 6) is -0.192. The quantitative estimate of drug-likeness (QED) is 0.773. The van der Waals surface area contributed by atoms with Crippen LogP contribution in [0.1, 0.15) is 11.8 Å². The largest absolute Gasteiger partial charge is 0.261 e. The van der Waals surface area contributed by atoms with Gasteiger partial charge in [-0.2, -0.15) is 0 Å². The highest BCUT2D eigenvalue weighted by Gasteiger charge is 2.02. The fourth-order valence-electron chi connectivity index (χ4n) is 1.19. The fraction of sp³-hybridized carbons (Fsp3) is 0.0909. The minimum Gasteiger partial charge on any atom is -0.261 e. The summed E-state index contributed by atoms with van der Waals surface area (Å²) >= 11 is 1.50. The molecule has 2 aromatic heterocycles. The van der Waals surface area contributed by atoms with Crippen LogP contribution in [-0.2, 0) is 0 Å². The Hall–Kier alpha value is -1.55. The average molecular weight is 220 g/mol. The second-order valence-electron chi connectivity index (χ2n) is 3.02. The van der Waals surface area contributed by atoms with E-state index in [2.05, 4.69) is 9.97 Å². The van der Waals surface area contributed by atoms with Gasteiger partial charge in [0.15, 0.2) is 0 Å². The lowest BCUT2D eigenvalue weighted by Crippen LogP contribution is -1.79. The molecule has 2 aromatic rings. The molecule has 2 nitrogen and oxygen atoms in total. The summed E-state index contributed by atoms with van der Waals surface area (Å²) in [7, 11) is 0. The summed E-state index contributed by atoms with van der Waals surface area (Å²) in [6.45, 7) is 1.43. The molecule has 15 heavy (non-hydrogen) atoms. The van der Waals surface area contributed by atoms with Crippen molar-refractivity contribution < 1.29 is 4.39 Å². The smallest absolute Gasteiger partial charge is 0.0984 e. The Balaban J connectivity index is 2.32. The Morgan fingerprint density at radius 2 is 2.27 bits per heavy atom. The highest BCUT2D eigenvalue weighted by Crippen LogP contribution is 2.27. The molecule has 0 radical (unpaired) electrons. The summed E-state index contributed by atoms with van der Waals surface area (Å²) in [4.78, 5) is 10.0. The molecule has 0 aliphatic rings. The normalized spacial score (nSPS) is 11.7. The number of rotatable bonds is 2. The molecule has 0 aliphatic carbocycles. The van der Waals surface area contributed by atoms with E-state index in [-0.39, 0.29) is 5.83 Å². The van der Waals surface area contributed by atoms with E-state index in [0.717, 1.165) is 15.4 Å². The number of hydrogen-bond acceptors (Lipinski definition) is 3. The van der Waals surface area contributed by atoms with Gasteiger partial charge in [0.05, 0.1) is 22.6 Å². The van der Waals surface area contributed by atoms with Crippen LogP contribution >= 0.6 is 11.3 Å². The fourth-order valence-corrected chi connectivity index (χ4v) is 2.15. The van der Waals surface area contributed by atoms with Gasteiger partial charge >= 0.3 is 0 Å². The lowest BCUT2D eigenvalue weighted by Gasteiger charge is -1.92. The summed E-state index contributed by atoms with van der Waals surface area (Å²) < 4.78 is 12.6. The maximum absolute atomic E-state index is 12.6. The summed E-state index contributed by atoms with van der Waals surface area (Å²) in [6, 6.07) is 3.79. The Morgan fingerprint density at radius 3 is 2.93 bits per heavy atom. The highest BCUT2D eigenvalue weighted by molar-refractivity contribution is 7.16. The molecule has 0 aliphatic heterocycles. The highest BCUT2D eigenvalue weighted by atomic mass is 32.1. The van der Waals surface area contributed by atoms with E-state index in [1.165, 1.54) is 24.3 Å². The molecule has 2 heterocycles. The van der Waals surface area contributed by atoms with E-state index >= 15 is 0 Å². The number of nitrogens with zero attached hydrogens (tertiary/aromatic N) is 2. The molecule has 0 fully saturated rings. The molecule has 0 atom stereocenters. The van der Waals surface area contributed by atoms with Crippen molar-refractivity contribution in [1.82, 2.24) is 9.97 Å². The molecule has 0 spiro atoms. The third kappa shape index (κ3) is 2.47. The van der Waals surface area contributed by atoms with Crippen LogP contribution in [-0.4, -0.2) is 9.97 Å². The van der Waals surface area contributed by atoms with Crippen LogP contribution in [0.15, 0.2) is 36.6 Å². The van der Waals surface area contributed by atoms with Gasteiger partial charge in [-0.25, -0.2) is 4.39 Å². The van der Waals surface area contributed by atoms with Gasteiger partial charge in [-0.05, 0) is 25.1 Å². The first kappa shape index (κ1) is 9.98. The standard InChI is InChI=1S/C11H9FN2S/c1-8(12)6-9-2-3-11(15-9)10-7-13-4-5-14-10/h2-7H,1H3/b8-6-. The molecule has 4 heteroatoms. The van der Waals surface area contributed by atoms with Crippen LogP contribution in [0.4, 0.5) is 4.39 Å². The van der Waals surface area contributed by atoms with Crippen molar-refractivity contribution in [3.05, 3.63) is 41.4 Å². The first-order chi connectivity index (χ1) is 7.25. The summed E-state index contributed by atoms with van der Waals surface area (Å²) in [6.07, 6.45) is 6.47. The van der Waals surface area contributed by atoms with Crippen molar-refractivity contribution in [3.63, 3.8) is 0 Å². The zero-order valence-electron chi connectivity index (χ0n) is 8.14. The Bertz CT molecular complexity index is 472. The lowest BCUT2D eigenvalue weighted by atomic mass is 10.3. The number of allylic oxidation sites excluding steroid dienone is 1. The van der Waals surface area contributed by atoms with Crippen LogP contribution < -0.4 is 0 Å². The maximum atomic E-state index is 12.6. The second kappa shape index (κ2) is 4.31. The van der Waals surface area contributed by atoms with E-state index in [9.17, 15) is 4.39 Å². The Morgan fingerprint density at radius 1 is 1.40 bits per heavy atom. The van der Waals surface area contributed by atoms with Crippen molar-refractivity contribution in [2.24, 2.45) is 0 Å². The Labute approximate surface area is 91.1 Å². The van der Waals surface area contributed by atoms with Gasteiger partial charge in [0, 0.05) is 17.3 Å². The van der Waals surface area contributed by atoms with Gasteiger partial charge in [-0.3, -0.25) is 9.97 Å². The zero-order chi connectivity index (χ0) is 10.7. The first-order valence-electron chi connectivity index (χ1n) is 4.46. The molecule has 0 saturated carbocycles. The van der Waals surface area contributed by atoms with Crippen molar-refractivity contribution in [2.75, 3.05) is 0 Å². The lowest BCUT2D eigenvalue weighted by molar-refractivity contribution is 0.648. The molecule has 0 aromatic carbocycles. The molecule has 0 N–H and O–H groups in total. The summed E-state index contributed by atoms with van der Waals surface area (Å²) in [5, 5.41) is 0. The van der Waals surface area contributed by atoms with Gasteiger partial charge in [0.25, 0.3) is 0 Å². The number of halogens is 1. The van der Waals surface area contributed by atoms with Gasteiger partial charge in [0.2, 0.25) is 0 Å². The molecule has 2 rings (SSSR count). The van der Waals surface area contributed by atoms with Crippen molar-refractivity contribution >= 4 is 17.4 Å². The van der Waals surface area contributed by atoms with Crippen molar-refractivity contribution in [3.8, 4) is 10.6 Å².